The highest BCUT2D eigenvalue weighted by Gasteiger charge is 2.23. The van der Waals surface area contributed by atoms with E-state index < -0.39 is 0 Å². The van der Waals surface area contributed by atoms with Gasteiger partial charge in [-0.1, -0.05) is 0 Å². The van der Waals surface area contributed by atoms with Gasteiger partial charge in [0, 0.05) is 39.1 Å². The number of hydrogen-bond donors (Lipinski definition) is 1. The minimum atomic E-state index is 0.191. The second-order valence-corrected chi connectivity index (χ2v) is 4.03. The number of likely N-dealkylation sites (tertiary alicyclic amines) is 1. The number of piperidine rings is 1. The predicted molar refractivity (Wildman–Crippen MR) is 57.0 cm³/mol. The molecule has 0 aromatic heterocycles. The highest BCUT2D eigenvalue weighted by Crippen LogP contribution is 2.14. The second-order valence-electron chi connectivity index (χ2n) is 4.03. The van der Waals surface area contributed by atoms with Gasteiger partial charge in [0.25, 0.3) is 0 Å². The van der Waals surface area contributed by atoms with Gasteiger partial charge in [0.1, 0.15) is 0 Å². The van der Waals surface area contributed by atoms with Crippen molar-refractivity contribution < 1.29 is 4.79 Å². The Hall–Kier alpha value is -0.610. The molecule has 4 nitrogen and oxygen atoms in total. The van der Waals surface area contributed by atoms with Gasteiger partial charge in [0.15, 0.2) is 0 Å². The first-order valence-corrected chi connectivity index (χ1v) is 5.31. The molecule has 1 unspecified atom stereocenters. The van der Waals surface area contributed by atoms with Gasteiger partial charge in [0.05, 0.1) is 0 Å². The van der Waals surface area contributed by atoms with Crippen molar-refractivity contribution >= 4 is 5.91 Å². The zero-order valence-electron chi connectivity index (χ0n) is 9.20. The fraction of sp³-hybridized carbons (Fsp3) is 0.900. The van der Waals surface area contributed by atoms with E-state index in [1.807, 2.05) is 4.90 Å². The van der Waals surface area contributed by atoms with E-state index in [1.165, 1.54) is 6.42 Å². The SMILES string of the molecule is CC(=O)N1CCCC(N(C)CCN)C1. The molecular formula is C10H21N3O. The highest BCUT2D eigenvalue weighted by molar-refractivity contribution is 5.73. The van der Waals surface area contributed by atoms with Crippen LogP contribution in [-0.2, 0) is 4.79 Å². The van der Waals surface area contributed by atoms with Crippen LogP contribution in [0.2, 0.25) is 0 Å². The number of nitrogens with zero attached hydrogens (tertiary/aromatic N) is 2. The van der Waals surface area contributed by atoms with E-state index in [4.69, 9.17) is 5.73 Å². The quantitative estimate of drug-likeness (QED) is 0.690. The molecule has 1 saturated heterocycles. The Labute approximate surface area is 86.0 Å². The fourth-order valence-electron chi connectivity index (χ4n) is 1.99. The smallest absolute Gasteiger partial charge is 0.219 e. The minimum Gasteiger partial charge on any atom is -0.341 e. The zero-order chi connectivity index (χ0) is 10.6. The van der Waals surface area contributed by atoms with Crippen LogP contribution in [-0.4, -0.2) is 55.0 Å². The van der Waals surface area contributed by atoms with Gasteiger partial charge in [-0.25, -0.2) is 0 Å². The van der Waals surface area contributed by atoms with Gasteiger partial charge in [-0.15, -0.1) is 0 Å². The standard InChI is InChI=1S/C10H21N3O/c1-9(14)13-6-3-4-10(8-13)12(2)7-5-11/h10H,3-8,11H2,1-2H3. The Kier molecular flexibility index (Phi) is 4.35. The summed E-state index contributed by atoms with van der Waals surface area (Å²) in [6, 6.07) is 0.496. The van der Waals surface area contributed by atoms with Crippen LogP contribution in [0.4, 0.5) is 0 Å². The second kappa shape index (κ2) is 5.32. The first kappa shape index (κ1) is 11.5. The number of carbonyl (C=O) groups is 1. The molecule has 1 amide bonds. The molecule has 0 aliphatic carbocycles. The summed E-state index contributed by atoms with van der Waals surface area (Å²) < 4.78 is 0. The molecule has 1 aliphatic heterocycles. The van der Waals surface area contributed by atoms with Crippen LogP contribution < -0.4 is 5.73 Å². The lowest BCUT2D eigenvalue weighted by atomic mass is 10.0. The normalized spacial score (nSPS) is 22.9. The number of likely N-dealkylation sites (N-methyl/N-ethyl adjacent to an activating group) is 1. The van der Waals surface area contributed by atoms with E-state index in [0.717, 1.165) is 26.1 Å². The van der Waals surface area contributed by atoms with Gasteiger partial charge < -0.3 is 15.5 Å². The van der Waals surface area contributed by atoms with Crippen LogP contribution >= 0.6 is 0 Å². The van der Waals surface area contributed by atoms with Gasteiger partial charge >= 0.3 is 0 Å². The maximum Gasteiger partial charge on any atom is 0.219 e. The van der Waals surface area contributed by atoms with E-state index in [2.05, 4.69) is 11.9 Å². The fourth-order valence-corrected chi connectivity index (χ4v) is 1.99. The molecule has 0 saturated carbocycles. The Morgan fingerprint density at radius 3 is 2.93 bits per heavy atom. The maximum atomic E-state index is 11.2. The van der Waals surface area contributed by atoms with Crippen molar-refractivity contribution in [1.29, 1.82) is 0 Å². The minimum absolute atomic E-state index is 0.191. The molecule has 0 radical (unpaired) electrons. The molecule has 0 bridgehead atoms. The van der Waals surface area contributed by atoms with Crippen LogP contribution in [0.25, 0.3) is 0 Å². The molecule has 14 heavy (non-hydrogen) atoms. The van der Waals surface area contributed by atoms with Crippen molar-refractivity contribution in [2.45, 2.75) is 25.8 Å². The van der Waals surface area contributed by atoms with Gasteiger partial charge in [-0.2, -0.15) is 0 Å². The molecule has 1 heterocycles. The van der Waals surface area contributed by atoms with Crippen LogP contribution in [0.15, 0.2) is 0 Å². The van der Waals surface area contributed by atoms with Gasteiger partial charge in [-0.05, 0) is 19.9 Å². The maximum absolute atomic E-state index is 11.2. The topological polar surface area (TPSA) is 49.6 Å². The first-order chi connectivity index (χ1) is 6.65. The van der Waals surface area contributed by atoms with Crippen LogP contribution in [0.5, 0.6) is 0 Å². The summed E-state index contributed by atoms with van der Waals surface area (Å²) >= 11 is 0. The predicted octanol–water partition coefficient (Wildman–Crippen LogP) is -0.112. The lowest BCUT2D eigenvalue weighted by Gasteiger charge is -2.37. The third-order valence-corrected chi connectivity index (χ3v) is 2.95. The number of rotatable bonds is 3. The van der Waals surface area contributed by atoms with Crippen molar-refractivity contribution in [2.24, 2.45) is 5.73 Å². The number of amides is 1. The monoisotopic (exact) mass is 199 g/mol. The van der Waals surface area contributed by atoms with Crippen LogP contribution in [0, 0.1) is 0 Å². The summed E-state index contributed by atoms with van der Waals surface area (Å²) in [5, 5.41) is 0. The lowest BCUT2D eigenvalue weighted by Crippen LogP contribution is -2.49. The van der Waals surface area contributed by atoms with E-state index in [1.54, 1.807) is 6.92 Å². The van der Waals surface area contributed by atoms with Gasteiger partial charge in [0.2, 0.25) is 5.91 Å². The molecule has 82 valence electrons. The first-order valence-electron chi connectivity index (χ1n) is 5.31. The molecule has 2 N–H and O–H groups in total. The molecule has 1 fully saturated rings. The Balaban J connectivity index is 2.43. The Morgan fingerprint density at radius 1 is 1.64 bits per heavy atom. The molecule has 0 aromatic rings. The number of carbonyl (C=O) groups excluding carboxylic acids is 1. The van der Waals surface area contributed by atoms with Crippen molar-refractivity contribution in [3.8, 4) is 0 Å². The highest BCUT2D eigenvalue weighted by atomic mass is 16.2. The molecular weight excluding hydrogens is 178 g/mol. The van der Waals surface area contributed by atoms with Crippen molar-refractivity contribution in [1.82, 2.24) is 9.80 Å². The Morgan fingerprint density at radius 2 is 2.36 bits per heavy atom. The largest absolute Gasteiger partial charge is 0.341 e. The number of nitrogens with two attached hydrogens (primary N) is 1. The van der Waals surface area contributed by atoms with Gasteiger partial charge in [-0.3, -0.25) is 4.79 Å². The summed E-state index contributed by atoms with van der Waals surface area (Å²) in [5.41, 5.74) is 5.51. The van der Waals surface area contributed by atoms with Crippen molar-refractivity contribution in [3.63, 3.8) is 0 Å². The summed E-state index contributed by atoms with van der Waals surface area (Å²) in [6.45, 7) is 5.03. The van der Waals surface area contributed by atoms with E-state index >= 15 is 0 Å². The van der Waals surface area contributed by atoms with E-state index in [0.29, 0.717) is 12.6 Å². The molecule has 1 rings (SSSR count). The van der Waals surface area contributed by atoms with Crippen LogP contribution in [0.1, 0.15) is 19.8 Å². The lowest BCUT2D eigenvalue weighted by molar-refractivity contribution is -0.130. The third-order valence-electron chi connectivity index (χ3n) is 2.95. The summed E-state index contributed by atoms with van der Waals surface area (Å²) in [7, 11) is 2.08. The van der Waals surface area contributed by atoms with E-state index in [-0.39, 0.29) is 5.91 Å². The third kappa shape index (κ3) is 2.96. The summed E-state index contributed by atoms with van der Waals surface area (Å²) in [5.74, 6) is 0.191. The average Bonchev–Trinajstić information content (AvgIpc) is 2.18. The van der Waals surface area contributed by atoms with Crippen molar-refractivity contribution in [3.05, 3.63) is 0 Å². The molecule has 1 aliphatic rings. The molecule has 4 heteroatoms. The number of hydrogen-bond acceptors (Lipinski definition) is 3. The molecule has 0 spiro atoms. The van der Waals surface area contributed by atoms with Crippen molar-refractivity contribution in [2.75, 3.05) is 33.2 Å². The molecule has 1 atom stereocenters. The summed E-state index contributed by atoms with van der Waals surface area (Å²) in [6.07, 6.45) is 2.29. The van der Waals surface area contributed by atoms with Crippen LogP contribution in [0.3, 0.4) is 0 Å². The molecule has 0 aromatic carbocycles. The van der Waals surface area contributed by atoms with E-state index in [9.17, 15) is 4.79 Å². The Bertz CT molecular complexity index is 196. The average molecular weight is 199 g/mol. The zero-order valence-corrected chi connectivity index (χ0v) is 9.20. The summed E-state index contributed by atoms with van der Waals surface area (Å²) in [4.78, 5) is 15.4.